The monoisotopic (exact) mass is 369 g/mol. The molecule has 0 atom stereocenters. The Morgan fingerprint density at radius 2 is 1.95 bits per heavy atom. The summed E-state index contributed by atoms with van der Waals surface area (Å²) in [6, 6.07) is 8.99. The second-order valence-corrected chi connectivity index (χ2v) is 6.03. The average Bonchev–Trinajstić information content (AvgIpc) is 2.74. The molecule has 0 amide bonds. The maximum atomic E-state index is 4.77. The first kappa shape index (κ1) is 14.5. The Morgan fingerprint density at radius 1 is 1.26 bits per heavy atom. The topological polar surface area (TPSA) is 21.7 Å². The minimum Gasteiger partial charge on any atom is -1.00 e. The van der Waals surface area contributed by atoms with Crippen LogP contribution >= 0.6 is 0 Å². The van der Waals surface area contributed by atoms with Crippen molar-refractivity contribution in [3.63, 3.8) is 0 Å². The van der Waals surface area contributed by atoms with Gasteiger partial charge in [-0.25, -0.2) is 4.57 Å². The van der Waals surface area contributed by atoms with E-state index in [1.54, 1.807) is 0 Å². The molecular formula is C15H20IN3. The van der Waals surface area contributed by atoms with Crippen LogP contribution in [0.1, 0.15) is 39.3 Å². The van der Waals surface area contributed by atoms with Crippen LogP contribution in [-0.2, 0) is 12.0 Å². The van der Waals surface area contributed by atoms with E-state index in [4.69, 9.17) is 5.10 Å². The summed E-state index contributed by atoms with van der Waals surface area (Å²) in [7, 11) is 0. The van der Waals surface area contributed by atoms with E-state index in [1.807, 2.05) is 0 Å². The third-order valence-corrected chi connectivity index (χ3v) is 3.73. The molecule has 3 rings (SSSR count). The standard InChI is InChI=1S/C15H20N3.HI/c1-11(2)18-10-17-14(16-18)13-8-6-5-7-12(13)9-15(17,3)4;/h5-8,10-11H,9H2,1-4H3;1H/q+1;/p-1. The van der Waals surface area contributed by atoms with Crippen LogP contribution in [0.15, 0.2) is 30.6 Å². The number of aromatic nitrogens is 3. The molecule has 0 saturated heterocycles. The lowest BCUT2D eigenvalue weighted by atomic mass is 9.87. The minimum atomic E-state index is 0. The zero-order valence-corrected chi connectivity index (χ0v) is 14.0. The molecule has 1 aliphatic rings. The summed E-state index contributed by atoms with van der Waals surface area (Å²) in [6.45, 7) is 8.88. The number of fused-ring (bicyclic) bond motifs is 3. The van der Waals surface area contributed by atoms with Gasteiger partial charge in [0.2, 0.25) is 6.33 Å². The van der Waals surface area contributed by atoms with Crippen LogP contribution in [-0.4, -0.2) is 9.78 Å². The lowest BCUT2D eigenvalue weighted by Gasteiger charge is -2.28. The number of rotatable bonds is 1. The van der Waals surface area contributed by atoms with Gasteiger partial charge in [-0.3, -0.25) is 0 Å². The SMILES string of the molecule is CC(C)n1c[n+]2c(n1)-c1ccccc1CC2(C)C.[I-]. The van der Waals surface area contributed by atoms with E-state index in [1.165, 1.54) is 11.1 Å². The molecule has 102 valence electrons. The maximum Gasteiger partial charge on any atom is 0.309 e. The van der Waals surface area contributed by atoms with E-state index >= 15 is 0 Å². The predicted octanol–water partition coefficient (Wildman–Crippen LogP) is -0.286. The van der Waals surface area contributed by atoms with Crippen molar-refractivity contribution in [2.24, 2.45) is 0 Å². The molecule has 0 saturated carbocycles. The fourth-order valence-corrected chi connectivity index (χ4v) is 2.68. The number of nitrogens with zero attached hydrogens (tertiary/aromatic N) is 3. The summed E-state index contributed by atoms with van der Waals surface area (Å²) >= 11 is 0. The largest absolute Gasteiger partial charge is 1.00 e. The summed E-state index contributed by atoms with van der Waals surface area (Å²) in [5.41, 5.74) is 2.77. The van der Waals surface area contributed by atoms with Crippen LogP contribution in [0.3, 0.4) is 0 Å². The molecule has 19 heavy (non-hydrogen) atoms. The molecule has 0 N–H and O–H groups in total. The van der Waals surface area contributed by atoms with Gasteiger partial charge in [-0.1, -0.05) is 18.2 Å². The van der Waals surface area contributed by atoms with Crippen LogP contribution in [0.5, 0.6) is 0 Å². The van der Waals surface area contributed by atoms with Gasteiger partial charge >= 0.3 is 5.82 Å². The van der Waals surface area contributed by atoms with Gasteiger partial charge in [0.1, 0.15) is 6.04 Å². The molecule has 4 heteroatoms. The Morgan fingerprint density at radius 3 is 2.63 bits per heavy atom. The van der Waals surface area contributed by atoms with Gasteiger partial charge in [-0.05, 0) is 39.3 Å². The summed E-state index contributed by atoms with van der Waals surface area (Å²) in [6.07, 6.45) is 3.21. The summed E-state index contributed by atoms with van der Waals surface area (Å²) < 4.78 is 4.37. The van der Waals surface area contributed by atoms with Gasteiger partial charge < -0.3 is 24.0 Å². The van der Waals surface area contributed by atoms with Crippen molar-refractivity contribution in [1.82, 2.24) is 9.78 Å². The van der Waals surface area contributed by atoms with Crippen molar-refractivity contribution < 1.29 is 28.5 Å². The van der Waals surface area contributed by atoms with Crippen LogP contribution in [0, 0.1) is 0 Å². The molecule has 0 radical (unpaired) electrons. The highest BCUT2D eigenvalue weighted by atomic mass is 127. The number of hydrogen-bond acceptors (Lipinski definition) is 1. The second-order valence-electron chi connectivity index (χ2n) is 6.03. The maximum absolute atomic E-state index is 4.77. The first-order chi connectivity index (χ1) is 8.49. The molecular weight excluding hydrogens is 349 g/mol. The van der Waals surface area contributed by atoms with Crippen molar-refractivity contribution in [3.8, 4) is 11.4 Å². The lowest BCUT2D eigenvalue weighted by Crippen LogP contribution is -3.00. The summed E-state index contributed by atoms with van der Waals surface area (Å²) in [5.74, 6) is 1.09. The third-order valence-electron chi connectivity index (χ3n) is 3.73. The first-order valence-corrected chi connectivity index (χ1v) is 6.58. The smallest absolute Gasteiger partial charge is 0.309 e. The van der Waals surface area contributed by atoms with Gasteiger partial charge in [0.05, 0.1) is 11.1 Å². The number of benzene rings is 1. The quantitative estimate of drug-likeness (QED) is 0.501. The zero-order valence-electron chi connectivity index (χ0n) is 11.9. The molecule has 2 heterocycles. The lowest BCUT2D eigenvalue weighted by molar-refractivity contribution is -0.750. The fraction of sp³-hybridized carbons (Fsp3) is 0.467. The molecule has 2 aromatic rings. The van der Waals surface area contributed by atoms with E-state index in [9.17, 15) is 0 Å². The van der Waals surface area contributed by atoms with Crippen LogP contribution in [0.25, 0.3) is 11.4 Å². The van der Waals surface area contributed by atoms with Crippen molar-refractivity contribution >= 4 is 0 Å². The van der Waals surface area contributed by atoms with Gasteiger partial charge in [-0.15, -0.1) is 4.68 Å². The van der Waals surface area contributed by atoms with E-state index in [2.05, 4.69) is 67.5 Å². The van der Waals surface area contributed by atoms with Crippen molar-refractivity contribution in [3.05, 3.63) is 36.2 Å². The van der Waals surface area contributed by atoms with Gasteiger partial charge in [-0.2, -0.15) is 0 Å². The highest BCUT2D eigenvalue weighted by Gasteiger charge is 2.38. The van der Waals surface area contributed by atoms with E-state index in [0.717, 1.165) is 12.2 Å². The predicted molar refractivity (Wildman–Crippen MR) is 71.3 cm³/mol. The Bertz CT molecular complexity index is 599. The molecule has 1 aromatic carbocycles. The van der Waals surface area contributed by atoms with Gasteiger partial charge in [0, 0.05) is 11.5 Å². The Kier molecular flexibility index (Phi) is 3.73. The van der Waals surface area contributed by atoms with Crippen LogP contribution < -0.4 is 28.5 Å². The van der Waals surface area contributed by atoms with Crippen LogP contribution in [0.2, 0.25) is 0 Å². The average molecular weight is 369 g/mol. The molecule has 0 spiro atoms. The second kappa shape index (κ2) is 4.89. The normalized spacial score (nSPS) is 15.6. The van der Waals surface area contributed by atoms with Gasteiger partial charge in [0.15, 0.2) is 0 Å². The Hall–Kier alpha value is -0.910. The van der Waals surface area contributed by atoms with E-state index in [0.29, 0.717) is 6.04 Å². The highest BCUT2D eigenvalue weighted by Crippen LogP contribution is 2.30. The molecule has 0 bridgehead atoms. The molecule has 0 unspecified atom stereocenters. The molecule has 1 aromatic heterocycles. The Balaban J connectivity index is 0.00000133. The summed E-state index contributed by atoms with van der Waals surface area (Å²) in [5, 5.41) is 4.77. The highest BCUT2D eigenvalue weighted by molar-refractivity contribution is 5.58. The molecule has 0 fully saturated rings. The number of halogens is 1. The molecule has 3 nitrogen and oxygen atoms in total. The third kappa shape index (κ3) is 2.30. The Labute approximate surface area is 131 Å². The first-order valence-electron chi connectivity index (χ1n) is 6.58. The fourth-order valence-electron chi connectivity index (χ4n) is 2.68. The van der Waals surface area contributed by atoms with E-state index < -0.39 is 0 Å². The number of hydrogen-bond donors (Lipinski definition) is 0. The minimum absolute atomic E-state index is 0. The molecule has 1 aliphatic heterocycles. The molecule has 0 aliphatic carbocycles. The van der Waals surface area contributed by atoms with Crippen molar-refractivity contribution in [2.75, 3.05) is 0 Å². The zero-order chi connectivity index (χ0) is 12.9. The van der Waals surface area contributed by atoms with E-state index in [-0.39, 0.29) is 29.5 Å². The van der Waals surface area contributed by atoms with Crippen LogP contribution in [0.4, 0.5) is 0 Å². The van der Waals surface area contributed by atoms with Gasteiger partial charge in [0.25, 0.3) is 0 Å². The summed E-state index contributed by atoms with van der Waals surface area (Å²) in [4.78, 5) is 0. The van der Waals surface area contributed by atoms with Crippen molar-refractivity contribution in [2.45, 2.75) is 45.7 Å². The van der Waals surface area contributed by atoms with Crippen molar-refractivity contribution in [1.29, 1.82) is 0 Å².